The summed E-state index contributed by atoms with van der Waals surface area (Å²) in [7, 11) is 1.60. The molecule has 4 nitrogen and oxygen atoms in total. The van der Waals surface area contributed by atoms with Gasteiger partial charge in [0.2, 0.25) is 0 Å². The highest BCUT2D eigenvalue weighted by molar-refractivity contribution is 7.13. The zero-order valence-corrected chi connectivity index (χ0v) is 14.1. The van der Waals surface area contributed by atoms with Crippen LogP contribution >= 0.6 is 22.9 Å². The van der Waals surface area contributed by atoms with Crippen molar-refractivity contribution in [2.45, 2.75) is 0 Å². The van der Waals surface area contributed by atoms with Crippen LogP contribution in [-0.2, 0) is 0 Å². The molecule has 0 aliphatic carbocycles. The van der Waals surface area contributed by atoms with Gasteiger partial charge in [0.05, 0.1) is 17.8 Å². The summed E-state index contributed by atoms with van der Waals surface area (Å²) < 4.78 is 18.2. The van der Waals surface area contributed by atoms with Crippen LogP contribution in [0.2, 0.25) is 5.02 Å². The van der Waals surface area contributed by atoms with Gasteiger partial charge in [-0.2, -0.15) is 0 Å². The first-order chi connectivity index (χ1) is 11.6. The first-order valence-electron chi connectivity index (χ1n) is 6.93. The van der Waals surface area contributed by atoms with Crippen molar-refractivity contribution in [2.24, 2.45) is 0 Å². The normalized spacial score (nSPS) is 10.5. The predicted molar refractivity (Wildman–Crippen MR) is 93.5 cm³/mol. The number of aromatic nitrogens is 1. The van der Waals surface area contributed by atoms with E-state index in [9.17, 15) is 9.18 Å². The number of anilines is 1. The third-order valence-corrected chi connectivity index (χ3v) is 4.46. The Hall–Kier alpha value is -2.44. The molecule has 0 radical (unpaired) electrons. The number of ether oxygens (including phenoxy) is 1. The molecular formula is C17H12ClFN2O2S. The number of methoxy groups -OCH3 is 1. The fourth-order valence-electron chi connectivity index (χ4n) is 2.02. The number of amides is 1. The second kappa shape index (κ2) is 6.98. The minimum absolute atomic E-state index is 0.133. The van der Waals surface area contributed by atoms with Crippen molar-refractivity contribution in [1.82, 2.24) is 4.98 Å². The second-order valence-corrected chi connectivity index (χ2v) is 6.11. The Morgan fingerprint density at radius 1 is 1.25 bits per heavy atom. The Labute approximate surface area is 146 Å². The van der Waals surface area contributed by atoms with Crippen molar-refractivity contribution in [3.05, 3.63) is 64.4 Å². The number of rotatable bonds is 4. The lowest BCUT2D eigenvalue weighted by Gasteiger charge is -2.05. The molecule has 0 atom stereocenters. The van der Waals surface area contributed by atoms with Gasteiger partial charge in [-0.15, -0.1) is 11.3 Å². The molecule has 0 aliphatic rings. The van der Waals surface area contributed by atoms with Crippen LogP contribution in [0.1, 0.15) is 10.5 Å². The third kappa shape index (κ3) is 3.55. The van der Waals surface area contributed by atoms with Crippen LogP contribution < -0.4 is 10.1 Å². The largest absolute Gasteiger partial charge is 0.497 e. The van der Waals surface area contributed by atoms with E-state index in [0.717, 1.165) is 17.4 Å². The molecule has 0 fully saturated rings. The van der Waals surface area contributed by atoms with E-state index >= 15 is 0 Å². The molecule has 3 rings (SSSR count). The van der Waals surface area contributed by atoms with Crippen LogP contribution in [0, 0.1) is 5.82 Å². The van der Waals surface area contributed by atoms with Crippen molar-refractivity contribution in [3.63, 3.8) is 0 Å². The average molecular weight is 363 g/mol. The number of halogens is 2. The molecule has 1 aromatic heterocycles. The summed E-state index contributed by atoms with van der Waals surface area (Å²) in [6.07, 6.45) is 0. The van der Waals surface area contributed by atoms with Crippen molar-refractivity contribution >= 4 is 34.5 Å². The smallest absolute Gasteiger partial charge is 0.275 e. The molecular weight excluding hydrogens is 351 g/mol. The van der Waals surface area contributed by atoms with Gasteiger partial charge >= 0.3 is 0 Å². The van der Waals surface area contributed by atoms with E-state index in [1.54, 1.807) is 12.5 Å². The van der Waals surface area contributed by atoms with Crippen LogP contribution in [0.15, 0.2) is 47.8 Å². The van der Waals surface area contributed by atoms with E-state index in [1.165, 1.54) is 23.5 Å². The summed E-state index contributed by atoms with van der Waals surface area (Å²) >= 11 is 7.26. The quantitative estimate of drug-likeness (QED) is 0.720. The topological polar surface area (TPSA) is 51.2 Å². The van der Waals surface area contributed by atoms with Crippen molar-refractivity contribution in [2.75, 3.05) is 12.4 Å². The second-order valence-electron chi connectivity index (χ2n) is 4.84. The zero-order chi connectivity index (χ0) is 17.1. The number of thiazole rings is 1. The maximum absolute atomic E-state index is 13.0. The molecule has 0 bridgehead atoms. The minimum Gasteiger partial charge on any atom is -0.497 e. The van der Waals surface area contributed by atoms with E-state index < -0.39 is 11.7 Å². The molecule has 1 amide bonds. The van der Waals surface area contributed by atoms with Crippen molar-refractivity contribution in [1.29, 1.82) is 0 Å². The van der Waals surface area contributed by atoms with E-state index in [0.29, 0.717) is 10.7 Å². The van der Waals surface area contributed by atoms with E-state index in [-0.39, 0.29) is 10.7 Å². The van der Waals surface area contributed by atoms with Gasteiger partial charge in [-0.25, -0.2) is 9.37 Å². The van der Waals surface area contributed by atoms with E-state index in [4.69, 9.17) is 16.3 Å². The van der Waals surface area contributed by atoms with Gasteiger partial charge < -0.3 is 10.1 Å². The van der Waals surface area contributed by atoms with Gasteiger partial charge in [-0.05, 0) is 42.5 Å². The van der Waals surface area contributed by atoms with E-state index in [2.05, 4.69) is 10.3 Å². The summed E-state index contributed by atoms with van der Waals surface area (Å²) in [5.41, 5.74) is 1.49. The molecule has 0 unspecified atom stereocenters. The Bertz CT molecular complexity index is 881. The van der Waals surface area contributed by atoms with Gasteiger partial charge in [0.1, 0.15) is 22.3 Å². The zero-order valence-electron chi connectivity index (χ0n) is 12.5. The summed E-state index contributed by atoms with van der Waals surface area (Å²) in [5.74, 6) is -0.118. The highest BCUT2D eigenvalue weighted by atomic mass is 35.5. The number of nitrogens with zero attached hydrogens (tertiary/aromatic N) is 1. The number of nitrogens with one attached hydrogen (secondary N) is 1. The molecule has 122 valence electrons. The maximum Gasteiger partial charge on any atom is 0.275 e. The predicted octanol–water partition coefficient (Wildman–Crippen LogP) is 4.86. The highest BCUT2D eigenvalue weighted by Crippen LogP contribution is 2.27. The van der Waals surface area contributed by atoms with Crippen LogP contribution in [0.4, 0.5) is 10.1 Å². The fourth-order valence-corrected chi connectivity index (χ4v) is 3.04. The molecule has 7 heteroatoms. The molecule has 0 saturated carbocycles. The first kappa shape index (κ1) is 16.4. The van der Waals surface area contributed by atoms with Crippen LogP contribution in [0.25, 0.3) is 10.6 Å². The maximum atomic E-state index is 13.0. The van der Waals surface area contributed by atoms with Crippen molar-refractivity contribution < 1.29 is 13.9 Å². The number of carbonyl (C=O) groups excluding carboxylic acids is 1. The first-order valence-corrected chi connectivity index (χ1v) is 8.19. The number of benzene rings is 2. The Morgan fingerprint density at radius 3 is 2.67 bits per heavy atom. The molecule has 0 spiro atoms. The van der Waals surface area contributed by atoms with E-state index in [1.807, 2.05) is 24.3 Å². The molecule has 1 heterocycles. The third-order valence-electron chi connectivity index (χ3n) is 3.25. The lowest BCUT2D eigenvalue weighted by molar-refractivity contribution is 0.102. The molecule has 0 aliphatic heterocycles. The van der Waals surface area contributed by atoms with Crippen LogP contribution in [0.5, 0.6) is 5.75 Å². The van der Waals surface area contributed by atoms with Crippen LogP contribution in [-0.4, -0.2) is 18.0 Å². The van der Waals surface area contributed by atoms with Crippen molar-refractivity contribution in [3.8, 4) is 16.3 Å². The summed E-state index contributed by atoms with van der Waals surface area (Å²) in [6.45, 7) is 0. The van der Waals surface area contributed by atoms with Gasteiger partial charge in [-0.1, -0.05) is 11.6 Å². The Morgan fingerprint density at radius 2 is 2.00 bits per heavy atom. The monoisotopic (exact) mass is 362 g/mol. The summed E-state index contributed by atoms with van der Waals surface area (Å²) in [4.78, 5) is 16.6. The summed E-state index contributed by atoms with van der Waals surface area (Å²) in [6, 6.07) is 11.2. The minimum atomic E-state index is -0.464. The number of hydrogen-bond acceptors (Lipinski definition) is 4. The SMILES string of the molecule is COc1ccc(-c2nc(C(=O)Nc3ccc(F)cc3Cl)cs2)cc1. The van der Waals surface area contributed by atoms with Gasteiger partial charge in [0.15, 0.2) is 0 Å². The molecule has 24 heavy (non-hydrogen) atoms. The van der Waals surface area contributed by atoms with Gasteiger partial charge in [0, 0.05) is 10.9 Å². The fraction of sp³-hybridized carbons (Fsp3) is 0.0588. The van der Waals surface area contributed by atoms with Gasteiger partial charge in [0.25, 0.3) is 5.91 Å². The average Bonchev–Trinajstić information content (AvgIpc) is 3.07. The highest BCUT2D eigenvalue weighted by Gasteiger charge is 2.14. The molecule has 1 N–H and O–H groups in total. The van der Waals surface area contributed by atoms with Gasteiger partial charge in [-0.3, -0.25) is 4.79 Å². The number of hydrogen-bond donors (Lipinski definition) is 1. The Balaban J connectivity index is 1.77. The molecule has 3 aromatic rings. The standard InChI is InChI=1S/C17H12ClFN2O2S/c1-23-12-5-2-10(3-6-12)17-21-15(9-24-17)16(22)20-14-7-4-11(19)8-13(14)18/h2-9H,1H3,(H,20,22). The molecule has 2 aromatic carbocycles. The molecule has 0 saturated heterocycles. The number of carbonyl (C=O) groups is 1. The Kier molecular flexibility index (Phi) is 4.78. The van der Waals surface area contributed by atoms with Crippen LogP contribution in [0.3, 0.4) is 0 Å². The lowest BCUT2D eigenvalue weighted by Crippen LogP contribution is -2.12. The lowest BCUT2D eigenvalue weighted by atomic mass is 10.2. The summed E-state index contributed by atoms with van der Waals surface area (Å²) in [5, 5.41) is 5.13.